The third-order valence-electron chi connectivity index (χ3n) is 2.76. The third kappa shape index (κ3) is 5.86. The number of hydrogen-bond acceptors (Lipinski definition) is 4. The van der Waals surface area contributed by atoms with Gasteiger partial charge in [-0.15, -0.1) is 0 Å². The largest absolute Gasteiger partial charge is 0.327 e. The van der Waals surface area contributed by atoms with Crippen molar-refractivity contribution in [1.29, 1.82) is 0 Å². The summed E-state index contributed by atoms with van der Waals surface area (Å²) >= 11 is 0. The number of rotatable bonds is 5. The lowest BCUT2D eigenvalue weighted by Gasteiger charge is -2.22. The molecule has 0 fully saturated rings. The first-order valence-electron chi connectivity index (χ1n) is 6.58. The van der Waals surface area contributed by atoms with E-state index in [1.807, 2.05) is 20.8 Å². The Morgan fingerprint density at radius 2 is 2.10 bits per heavy atom. The molecule has 0 radical (unpaired) electrons. The molecule has 3 N–H and O–H groups in total. The molecule has 0 bridgehead atoms. The summed E-state index contributed by atoms with van der Waals surface area (Å²) in [5.41, 5.74) is 5.42. The SMILES string of the molecule is CC(C)(C)CC(N)CC(=O)Nc1ccc([N+](=O)[O-])cc1F. The van der Waals surface area contributed by atoms with Crippen LogP contribution < -0.4 is 11.1 Å². The van der Waals surface area contributed by atoms with Crippen molar-refractivity contribution in [1.82, 2.24) is 0 Å². The van der Waals surface area contributed by atoms with Crippen LogP contribution >= 0.6 is 0 Å². The zero-order chi connectivity index (χ0) is 16.2. The normalized spacial score (nSPS) is 12.8. The number of carbonyl (C=O) groups is 1. The van der Waals surface area contributed by atoms with E-state index in [9.17, 15) is 19.3 Å². The second-order valence-electron chi connectivity index (χ2n) is 6.20. The van der Waals surface area contributed by atoms with Crippen molar-refractivity contribution in [3.8, 4) is 0 Å². The molecule has 21 heavy (non-hydrogen) atoms. The summed E-state index contributed by atoms with van der Waals surface area (Å²) < 4.78 is 13.6. The fourth-order valence-electron chi connectivity index (χ4n) is 2.02. The molecule has 1 unspecified atom stereocenters. The highest BCUT2D eigenvalue weighted by Crippen LogP contribution is 2.23. The Balaban J connectivity index is 2.65. The molecule has 1 amide bonds. The molecule has 0 saturated carbocycles. The summed E-state index contributed by atoms with van der Waals surface area (Å²) in [6, 6.07) is 2.74. The molecule has 0 heterocycles. The molecule has 1 aromatic rings. The van der Waals surface area contributed by atoms with Crippen LogP contribution in [0, 0.1) is 21.3 Å². The van der Waals surface area contributed by atoms with Crippen LogP contribution in [0.1, 0.15) is 33.6 Å². The highest BCUT2D eigenvalue weighted by molar-refractivity contribution is 5.91. The van der Waals surface area contributed by atoms with Crippen molar-refractivity contribution < 1.29 is 14.1 Å². The summed E-state index contributed by atoms with van der Waals surface area (Å²) in [5.74, 6) is -1.26. The molecule has 0 aliphatic carbocycles. The maximum atomic E-state index is 13.6. The van der Waals surface area contributed by atoms with E-state index in [4.69, 9.17) is 5.73 Å². The molecule has 7 heteroatoms. The Bertz CT molecular complexity index is 541. The average Bonchev–Trinajstić information content (AvgIpc) is 2.28. The quantitative estimate of drug-likeness (QED) is 0.645. The zero-order valence-corrected chi connectivity index (χ0v) is 12.4. The summed E-state index contributed by atoms with van der Waals surface area (Å²) in [6.07, 6.45) is 0.719. The lowest BCUT2D eigenvalue weighted by molar-refractivity contribution is -0.385. The number of hydrogen-bond donors (Lipinski definition) is 2. The van der Waals surface area contributed by atoms with Crippen molar-refractivity contribution in [3.05, 3.63) is 34.1 Å². The highest BCUT2D eigenvalue weighted by atomic mass is 19.1. The van der Waals surface area contributed by atoms with Gasteiger partial charge in [0.25, 0.3) is 5.69 Å². The van der Waals surface area contributed by atoms with Crippen LogP contribution in [0.25, 0.3) is 0 Å². The van der Waals surface area contributed by atoms with E-state index in [-0.39, 0.29) is 29.3 Å². The van der Waals surface area contributed by atoms with Crippen LogP contribution in [0.4, 0.5) is 15.8 Å². The number of nitro benzene ring substituents is 1. The fourth-order valence-corrected chi connectivity index (χ4v) is 2.02. The first-order chi connectivity index (χ1) is 9.58. The van der Waals surface area contributed by atoms with Crippen molar-refractivity contribution >= 4 is 17.3 Å². The highest BCUT2D eigenvalue weighted by Gasteiger charge is 2.19. The first-order valence-corrected chi connectivity index (χ1v) is 6.58. The number of anilines is 1. The number of nitrogens with two attached hydrogens (primary N) is 1. The van der Waals surface area contributed by atoms with Crippen LogP contribution in [0.2, 0.25) is 0 Å². The Kier molecular flexibility index (Phi) is 5.37. The Hall–Kier alpha value is -2.02. The lowest BCUT2D eigenvalue weighted by atomic mass is 9.87. The molecule has 0 saturated heterocycles. The van der Waals surface area contributed by atoms with E-state index in [2.05, 4.69) is 5.32 Å². The Morgan fingerprint density at radius 1 is 1.48 bits per heavy atom. The van der Waals surface area contributed by atoms with Gasteiger partial charge in [-0.25, -0.2) is 4.39 Å². The molecule has 1 rings (SSSR count). The molecule has 0 aromatic heterocycles. The standard InChI is InChI=1S/C14H20FN3O3/c1-14(2,3)8-9(16)6-13(19)17-12-5-4-10(18(20)21)7-11(12)15/h4-5,7,9H,6,8,16H2,1-3H3,(H,17,19). The maximum absolute atomic E-state index is 13.6. The minimum Gasteiger partial charge on any atom is -0.327 e. The number of benzene rings is 1. The van der Waals surface area contributed by atoms with Crippen molar-refractivity contribution in [3.63, 3.8) is 0 Å². The van der Waals surface area contributed by atoms with E-state index in [1.165, 1.54) is 6.07 Å². The number of halogens is 1. The monoisotopic (exact) mass is 297 g/mol. The topological polar surface area (TPSA) is 98.3 Å². The second-order valence-corrected chi connectivity index (χ2v) is 6.20. The van der Waals surface area contributed by atoms with E-state index < -0.39 is 16.6 Å². The van der Waals surface area contributed by atoms with Gasteiger partial charge in [0.05, 0.1) is 16.7 Å². The molecule has 0 aliphatic rings. The van der Waals surface area contributed by atoms with Gasteiger partial charge in [-0.2, -0.15) is 0 Å². The molecular weight excluding hydrogens is 277 g/mol. The number of non-ortho nitro benzene ring substituents is 1. The fraction of sp³-hybridized carbons (Fsp3) is 0.500. The lowest BCUT2D eigenvalue weighted by Crippen LogP contribution is -2.31. The van der Waals surface area contributed by atoms with Crippen molar-refractivity contribution in [2.24, 2.45) is 11.1 Å². The Labute approximate surface area is 122 Å². The van der Waals surface area contributed by atoms with Crippen LogP contribution in [-0.4, -0.2) is 16.9 Å². The molecule has 0 aliphatic heterocycles. The minimum atomic E-state index is -0.845. The zero-order valence-electron chi connectivity index (χ0n) is 12.4. The average molecular weight is 297 g/mol. The number of nitrogens with one attached hydrogen (secondary N) is 1. The summed E-state index contributed by atoms with van der Waals surface area (Å²) in [7, 11) is 0. The molecule has 116 valence electrons. The van der Waals surface area contributed by atoms with Crippen molar-refractivity contribution in [2.75, 3.05) is 5.32 Å². The maximum Gasteiger partial charge on any atom is 0.272 e. The number of nitro groups is 1. The Morgan fingerprint density at radius 3 is 2.57 bits per heavy atom. The van der Waals surface area contributed by atoms with E-state index >= 15 is 0 Å². The van der Waals surface area contributed by atoms with Gasteiger partial charge in [0.1, 0.15) is 0 Å². The second kappa shape index (κ2) is 6.62. The van der Waals surface area contributed by atoms with Crippen molar-refractivity contribution in [2.45, 2.75) is 39.7 Å². The third-order valence-corrected chi connectivity index (χ3v) is 2.76. The predicted molar refractivity (Wildman–Crippen MR) is 78.3 cm³/mol. The van der Waals surface area contributed by atoms with Gasteiger partial charge in [0.2, 0.25) is 5.91 Å². The van der Waals surface area contributed by atoms with Crippen LogP contribution in [0.3, 0.4) is 0 Å². The molecule has 1 aromatic carbocycles. The number of nitrogens with zero attached hydrogens (tertiary/aromatic N) is 1. The number of carbonyl (C=O) groups excluding carboxylic acids is 1. The van der Waals surface area contributed by atoms with E-state index in [0.29, 0.717) is 6.42 Å². The van der Waals surface area contributed by atoms with Gasteiger partial charge < -0.3 is 11.1 Å². The van der Waals surface area contributed by atoms with Gasteiger partial charge >= 0.3 is 0 Å². The smallest absolute Gasteiger partial charge is 0.272 e. The van der Waals surface area contributed by atoms with Crippen LogP contribution in [-0.2, 0) is 4.79 Å². The summed E-state index contributed by atoms with van der Waals surface area (Å²) in [4.78, 5) is 21.6. The van der Waals surface area contributed by atoms with Gasteiger partial charge in [0, 0.05) is 18.5 Å². The van der Waals surface area contributed by atoms with Gasteiger partial charge in [-0.3, -0.25) is 14.9 Å². The predicted octanol–water partition coefficient (Wildman–Crippen LogP) is 2.83. The van der Waals surface area contributed by atoms with Crippen LogP contribution in [0.5, 0.6) is 0 Å². The molecule has 0 spiro atoms. The number of amides is 1. The van der Waals surface area contributed by atoms with Gasteiger partial charge in [-0.05, 0) is 17.9 Å². The van der Waals surface area contributed by atoms with E-state index in [0.717, 1.165) is 12.1 Å². The summed E-state index contributed by atoms with van der Waals surface area (Å²) in [6.45, 7) is 6.04. The molecular formula is C14H20FN3O3. The summed E-state index contributed by atoms with van der Waals surface area (Å²) in [5, 5.41) is 12.9. The van der Waals surface area contributed by atoms with E-state index in [1.54, 1.807) is 0 Å². The molecule has 6 nitrogen and oxygen atoms in total. The minimum absolute atomic E-state index is 0.00168. The van der Waals surface area contributed by atoms with Gasteiger partial charge in [0.15, 0.2) is 5.82 Å². The first kappa shape index (κ1) is 17.0. The van der Waals surface area contributed by atoms with Crippen LogP contribution in [0.15, 0.2) is 18.2 Å². The van der Waals surface area contributed by atoms with Gasteiger partial charge in [-0.1, -0.05) is 20.8 Å². The molecule has 1 atom stereocenters.